The molecule has 0 saturated carbocycles. The Morgan fingerprint density at radius 3 is 2.62 bits per heavy atom. The molecule has 6 nitrogen and oxygen atoms in total. The number of ether oxygens (including phenoxy) is 1. The second kappa shape index (κ2) is 6.95. The zero-order valence-electron chi connectivity index (χ0n) is 16.1. The maximum Gasteiger partial charge on any atom is 0.195 e. The van der Waals surface area contributed by atoms with E-state index in [9.17, 15) is 19.4 Å². The molecule has 0 amide bonds. The van der Waals surface area contributed by atoms with Gasteiger partial charge in [-0.05, 0) is 42.0 Å². The molecule has 2 aromatic carbocycles. The van der Waals surface area contributed by atoms with Crippen LogP contribution in [0.5, 0.6) is 5.75 Å². The van der Waals surface area contributed by atoms with Crippen LogP contribution < -0.4 is 4.74 Å². The van der Waals surface area contributed by atoms with Crippen molar-refractivity contribution >= 4 is 16.7 Å². The highest BCUT2D eigenvalue weighted by molar-refractivity contribution is 6.20. The van der Waals surface area contributed by atoms with Gasteiger partial charge in [-0.1, -0.05) is 13.8 Å². The largest absolute Gasteiger partial charge is 0.491 e. The van der Waals surface area contributed by atoms with E-state index in [0.29, 0.717) is 33.5 Å². The summed E-state index contributed by atoms with van der Waals surface area (Å²) in [5.41, 5.74) is 2.54. The molecular weight excluding hydrogens is 377 g/mol. The van der Waals surface area contributed by atoms with Crippen LogP contribution in [-0.4, -0.2) is 51.5 Å². The van der Waals surface area contributed by atoms with Crippen molar-refractivity contribution in [2.45, 2.75) is 31.5 Å². The van der Waals surface area contributed by atoms with Crippen LogP contribution in [-0.2, 0) is 5.41 Å². The van der Waals surface area contributed by atoms with Crippen LogP contribution in [0.15, 0.2) is 36.4 Å². The maximum absolute atomic E-state index is 13.7. The lowest BCUT2D eigenvalue weighted by Gasteiger charge is -2.32. The van der Waals surface area contributed by atoms with Gasteiger partial charge < -0.3 is 25.0 Å². The van der Waals surface area contributed by atoms with Crippen LogP contribution in [0.3, 0.4) is 0 Å². The van der Waals surface area contributed by atoms with Crippen LogP contribution in [0.25, 0.3) is 10.9 Å². The van der Waals surface area contributed by atoms with E-state index in [1.165, 1.54) is 12.1 Å². The van der Waals surface area contributed by atoms with Crippen LogP contribution >= 0.6 is 0 Å². The Hall–Kier alpha value is -2.74. The number of hydrogen-bond donors (Lipinski definition) is 4. The Labute approximate surface area is 166 Å². The second-order valence-corrected chi connectivity index (χ2v) is 7.85. The predicted molar refractivity (Wildman–Crippen MR) is 105 cm³/mol. The van der Waals surface area contributed by atoms with Gasteiger partial charge in [-0.2, -0.15) is 0 Å². The molecule has 4 rings (SSSR count). The standard InChI is InChI=1S/C22H22FNO5/c1-22(2)15-8-12(29-10-18(27)17(26)9-25)4-6-13(15)20(28)19-14-5-3-11(23)7-16(14)24-21(19)22/h3-8,17-18,24-27H,9-10H2,1-2H3. The van der Waals surface area contributed by atoms with Crippen LogP contribution in [0, 0.1) is 5.82 Å². The first kappa shape index (κ1) is 19.6. The minimum absolute atomic E-state index is 0.144. The molecule has 152 valence electrons. The van der Waals surface area contributed by atoms with Crippen molar-refractivity contribution in [3.63, 3.8) is 0 Å². The summed E-state index contributed by atoms with van der Waals surface area (Å²) in [6.07, 6.45) is -2.53. The average molecular weight is 399 g/mol. The van der Waals surface area contributed by atoms with Gasteiger partial charge in [0, 0.05) is 27.6 Å². The van der Waals surface area contributed by atoms with E-state index < -0.39 is 24.2 Å². The highest BCUT2D eigenvalue weighted by Crippen LogP contribution is 2.44. The van der Waals surface area contributed by atoms with Gasteiger partial charge in [0.05, 0.1) is 12.2 Å². The molecule has 4 N–H and O–H groups in total. The van der Waals surface area contributed by atoms with E-state index in [1.807, 2.05) is 13.8 Å². The molecular formula is C22H22FNO5. The highest BCUT2D eigenvalue weighted by atomic mass is 19.1. The predicted octanol–water partition coefficient (Wildman–Crippen LogP) is 2.27. The van der Waals surface area contributed by atoms with Crippen LogP contribution in [0.1, 0.15) is 41.0 Å². The summed E-state index contributed by atoms with van der Waals surface area (Å²) in [4.78, 5) is 16.4. The number of carbonyl (C=O) groups excluding carboxylic acids is 1. The lowest BCUT2D eigenvalue weighted by Crippen LogP contribution is -2.34. The molecule has 3 aromatic rings. The summed E-state index contributed by atoms with van der Waals surface area (Å²) in [6.45, 7) is 3.17. The Kier molecular flexibility index (Phi) is 4.69. The van der Waals surface area contributed by atoms with Gasteiger partial charge >= 0.3 is 0 Å². The zero-order chi connectivity index (χ0) is 20.9. The van der Waals surface area contributed by atoms with E-state index in [2.05, 4.69) is 4.98 Å². The van der Waals surface area contributed by atoms with Crippen molar-refractivity contribution in [3.05, 3.63) is 64.6 Å². The van der Waals surface area contributed by atoms with E-state index in [1.54, 1.807) is 24.3 Å². The Morgan fingerprint density at radius 2 is 1.90 bits per heavy atom. The first-order valence-electron chi connectivity index (χ1n) is 9.34. The average Bonchev–Trinajstić information content (AvgIpc) is 3.09. The monoisotopic (exact) mass is 399 g/mol. The van der Waals surface area contributed by atoms with E-state index in [-0.39, 0.29) is 18.2 Å². The summed E-state index contributed by atoms with van der Waals surface area (Å²) in [5.74, 6) is -0.0907. The molecule has 29 heavy (non-hydrogen) atoms. The van der Waals surface area contributed by atoms with Crippen molar-refractivity contribution in [3.8, 4) is 5.75 Å². The Balaban J connectivity index is 1.74. The fourth-order valence-corrected chi connectivity index (χ4v) is 3.89. The summed E-state index contributed by atoms with van der Waals surface area (Å²) in [6, 6.07) is 9.38. The van der Waals surface area contributed by atoms with Crippen LogP contribution in [0.2, 0.25) is 0 Å². The molecule has 0 fully saturated rings. The van der Waals surface area contributed by atoms with Crippen molar-refractivity contribution in [1.82, 2.24) is 4.98 Å². The topological polar surface area (TPSA) is 103 Å². The smallest absolute Gasteiger partial charge is 0.195 e. The van der Waals surface area contributed by atoms with Crippen molar-refractivity contribution in [1.29, 1.82) is 0 Å². The number of aromatic nitrogens is 1. The molecule has 7 heteroatoms. The van der Waals surface area contributed by atoms with Gasteiger partial charge in [0.15, 0.2) is 5.78 Å². The maximum atomic E-state index is 13.7. The number of fused-ring (bicyclic) bond motifs is 4. The van der Waals surface area contributed by atoms with E-state index in [0.717, 1.165) is 5.56 Å². The number of carbonyl (C=O) groups is 1. The highest BCUT2D eigenvalue weighted by Gasteiger charge is 2.39. The number of aromatic amines is 1. The molecule has 1 aliphatic carbocycles. The lowest BCUT2D eigenvalue weighted by atomic mass is 9.71. The number of nitrogens with one attached hydrogen (secondary N) is 1. The summed E-state index contributed by atoms with van der Waals surface area (Å²) < 4.78 is 19.2. The summed E-state index contributed by atoms with van der Waals surface area (Å²) in [5, 5.41) is 28.8. The minimum atomic E-state index is -1.29. The molecule has 2 atom stereocenters. The van der Waals surface area contributed by atoms with Crippen molar-refractivity contribution in [2.75, 3.05) is 13.2 Å². The quantitative estimate of drug-likeness (QED) is 0.527. The number of H-pyrrole nitrogens is 1. The van der Waals surface area contributed by atoms with Gasteiger partial charge in [-0.3, -0.25) is 4.79 Å². The first-order chi connectivity index (χ1) is 13.7. The first-order valence-corrected chi connectivity index (χ1v) is 9.34. The summed E-state index contributed by atoms with van der Waals surface area (Å²) >= 11 is 0. The lowest BCUT2D eigenvalue weighted by molar-refractivity contribution is -0.0339. The minimum Gasteiger partial charge on any atom is -0.491 e. The van der Waals surface area contributed by atoms with Gasteiger partial charge in [0.2, 0.25) is 0 Å². The zero-order valence-corrected chi connectivity index (χ0v) is 16.1. The van der Waals surface area contributed by atoms with Crippen LogP contribution in [0.4, 0.5) is 4.39 Å². The van der Waals surface area contributed by atoms with Gasteiger partial charge in [-0.25, -0.2) is 4.39 Å². The Morgan fingerprint density at radius 1 is 1.14 bits per heavy atom. The third-order valence-electron chi connectivity index (χ3n) is 5.57. The molecule has 0 saturated heterocycles. The summed E-state index contributed by atoms with van der Waals surface area (Å²) in [7, 11) is 0. The van der Waals surface area contributed by atoms with Gasteiger partial charge in [0.25, 0.3) is 0 Å². The Bertz CT molecular complexity index is 1100. The molecule has 2 unspecified atom stereocenters. The third kappa shape index (κ3) is 3.11. The number of ketones is 1. The number of hydrogen-bond acceptors (Lipinski definition) is 5. The molecule has 1 aliphatic rings. The molecule has 0 bridgehead atoms. The normalized spacial score (nSPS) is 17.0. The number of rotatable bonds is 5. The van der Waals surface area contributed by atoms with Gasteiger partial charge in [0.1, 0.15) is 30.4 Å². The second-order valence-electron chi connectivity index (χ2n) is 7.85. The fourth-order valence-electron chi connectivity index (χ4n) is 3.89. The molecule has 0 aliphatic heterocycles. The number of aliphatic hydroxyl groups excluding tert-OH is 3. The third-order valence-corrected chi connectivity index (χ3v) is 5.57. The molecule has 0 radical (unpaired) electrons. The molecule has 0 spiro atoms. The molecule has 1 heterocycles. The fraction of sp³-hybridized carbons (Fsp3) is 0.318. The number of aliphatic hydroxyl groups is 3. The molecule has 1 aromatic heterocycles. The number of benzene rings is 2. The van der Waals surface area contributed by atoms with E-state index >= 15 is 0 Å². The SMILES string of the molecule is CC1(C)c2cc(OCC(O)C(O)CO)ccc2C(=O)c2c1[nH]c1cc(F)ccc21. The van der Waals surface area contributed by atoms with E-state index in [4.69, 9.17) is 9.84 Å². The van der Waals surface area contributed by atoms with Crippen molar-refractivity contribution < 1.29 is 29.2 Å². The van der Waals surface area contributed by atoms with Gasteiger partial charge in [-0.15, -0.1) is 0 Å². The number of halogens is 1. The van der Waals surface area contributed by atoms with Crippen molar-refractivity contribution in [2.24, 2.45) is 0 Å².